The van der Waals surface area contributed by atoms with Gasteiger partial charge in [0.1, 0.15) is 0 Å². The first kappa shape index (κ1) is 14.3. The van der Waals surface area contributed by atoms with E-state index in [1.165, 1.54) is 45.3 Å². The predicted octanol–water partition coefficient (Wildman–Crippen LogP) is 3.14. The number of halogens is 1. The number of alkyl halides is 1. The average molecular weight is 248 g/mol. The van der Waals surface area contributed by atoms with Gasteiger partial charge in [-0.25, -0.2) is 0 Å². The third-order valence-corrected chi connectivity index (χ3v) is 3.38. The van der Waals surface area contributed by atoms with E-state index in [0.717, 1.165) is 5.92 Å². The molecule has 1 aliphatic heterocycles. The van der Waals surface area contributed by atoms with Gasteiger partial charge in [0.15, 0.2) is 0 Å². The monoisotopic (exact) mass is 247 g/mol. The lowest BCUT2D eigenvalue weighted by Gasteiger charge is -2.31. The fourth-order valence-corrected chi connectivity index (χ4v) is 2.32. The maximum Gasteiger partial charge on any atom is 0.0605 e. The Morgan fingerprint density at radius 2 is 2.00 bits per heavy atom. The highest BCUT2D eigenvalue weighted by Gasteiger charge is 2.18. The molecule has 1 heterocycles. The van der Waals surface area contributed by atoms with Crippen LogP contribution < -0.4 is 0 Å². The van der Waals surface area contributed by atoms with E-state index >= 15 is 0 Å². The van der Waals surface area contributed by atoms with Gasteiger partial charge in [0.05, 0.1) is 12.7 Å². The Balaban J connectivity index is 2.03. The summed E-state index contributed by atoms with van der Waals surface area (Å²) in [5.41, 5.74) is 0. The van der Waals surface area contributed by atoms with Crippen LogP contribution in [0.3, 0.4) is 0 Å². The Kier molecular flexibility index (Phi) is 7.42. The summed E-state index contributed by atoms with van der Waals surface area (Å²) in [6.45, 7) is 8.97. The predicted molar refractivity (Wildman–Crippen MR) is 70.2 cm³/mol. The molecule has 0 aromatic rings. The minimum atomic E-state index is 0.458. The highest BCUT2D eigenvalue weighted by molar-refractivity contribution is 6.17. The van der Waals surface area contributed by atoms with Crippen LogP contribution in [0.15, 0.2) is 0 Å². The molecule has 0 N–H and O–H groups in total. The molecule has 0 atom stereocenters. The molecule has 0 unspecified atom stereocenters. The molecule has 2 nitrogen and oxygen atoms in total. The van der Waals surface area contributed by atoms with Gasteiger partial charge in [0.25, 0.3) is 0 Å². The maximum atomic E-state index is 5.66. The van der Waals surface area contributed by atoms with E-state index in [9.17, 15) is 0 Å². The van der Waals surface area contributed by atoms with Crippen molar-refractivity contribution in [3.05, 3.63) is 0 Å². The second-order valence-corrected chi connectivity index (χ2v) is 5.51. The zero-order valence-corrected chi connectivity index (χ0v) is 11.5. The average Bonchev–Trinajstić information content (AvgIpc) is 2.27. The van der Waals surface area contributed by atoms with Crippen molar-refractivity contribution in [2.45, 2.75) is 45.6 Å². The van der Waals surface area contributed by atoms with Gasteiger partial charge in [0, 0.05) is 19.0 Å². The van der Waals surface area contributed by atoms with Crippen molar-refractivity contribution in [2.75, 3.05) is 32.1 Å². The second kappa shape index (κ2) is 8.32. The van der Waals surface area contributed by atoms with Crippen molar-refractivity contribution < 1.29 is 4.74 Å². The minimum Gasteiger partial charge on any atom is -0.377 e. The number of likely N-dealkylation sites (tertiary alicyclic amines) is 1. The van der Waals surface area contributed by atoms with Crippen LogP contribution in [-0.4, -0.2) is 43.1 Å². The van der Waals surface area contributed by atoms with Crippen LogP contribution in [0.2, 0.25) is 0 Å². The van der Waals surface area contributed by atoms with Crippen LogP contribution >= 0.6 is 11.6 Å². The largest absolute Gasteiger partial charge is 0.377 e. The molecule has 0 radical (unpaired) electrons. The summed E-state index contributed by atoms with van der Waals surface area (Å²) >= 11 is 5.61. The highest BCUT2D eigenvalue weighted by atomic mass is 35.5. The minimum absolute atomic E-state index is 0.458. The number of hydrogen-bond acceptors (Lipinski definition) is 2. The standard InChI is InChI=1S/C13H26ClNO/c1-12(2)4-3-8-15-9-5-13(6-10-15)16-11-7-14/h12-13H,3-11H2,1-2H3. The molecule has 1 fully saturated rings. The van der Waals surface area contributed by atoms with Gasteiger partial charge in [-0.1, -0.05) is 13.8 Å². The maximum absolute atomic E-state index is 5.66. The van der Waals surface area contributed by atoms with Crippen molar-refractivity contribution in [3.63, 3.8) is 0 Å². The van der Waals surface area contributed by atoms with Crippen LogP contribution in [0.1, 0.15) is 39.5 Å². The molecule has 1 aliphatic rings. The number of piperidine rings is 1. The van der Waals surface area contributed by atoms with Crippen molar-refractivity contribution in [1.82, 2.24) is 4.90 Å². The Morgan fingerprint density at radius 1 is 1.31 bits per heavy atom. The number of rotatable bonds is 7. The van der Waals surface area contributed by atoms with E-state index in [0.29, 0.717) is 18.6 Å². The number of hydrogen-bond donors (Lipinski definition) is 0. The summed E-state index contributed by atoms with van der Waals surface area (Å²) in [6.07, 6.45) is 5.50. The molecule has 0 spiro atoms. The SMILES string of the molecule is CC(C)CCCN1CCC(OCCCl)CC1. The van der Waals surface area contributed by atoms with Crippen LogP contribution in [0.4, 0.5) is 0 Å². The van der Waals surface area contributed by atoms with Gasteiger partial charge in [-0.15, -0.1) is 11.6 Å². The lowest BCUT2D eigenvalue weighted by molar-refractivity contribution is 0.0148. The van der Waals surface area contributed by atoms with Crippen molar-refractivity contribution in [2.24, 2.45) is 5.92 Å². The first-order valence-corrected chi connectivity index (χ1v) is 7.15. The lowest BCUT2D eigenvalue weighted by Crippen LogP contribution is -2.37. The molecule has 96 valence electrons. The lowest BCUT2D eigenvalue weighted by atomic mass is 10.1. The van der Waals surface area contributed by atoms with E-state index in [1.54, 1.807) is 0 Å². The van der Waals surface area contributed by atoms with E-state index in [-0.39, 0.29) is 0 Å². The molecular formula is C13H26ClNO. The second-order valence-electron chi connectivity index (χ2n) is 5.14. The van der Waals surface area contributed by atoms with Crippen LogP contribution in [-0.2, 0) is 4.74 Å². The van der Waals surface area contributed by atoms with Gasteiger partial charge in [-0.05, 0) is 38.1 Å². The molecule has 0 aliphatic carbocycles. The molecule has 3 heteroatoms. The zero-order valence-electron chi connectivity index (χ0n) is 10.8. The third kappa shape index (κ3) is 6.07. The Morgan fingerprint density at radius 3 is 2.56 bits per heavy atom. The molecule has 0 saturated carbocycles. The van der Waals surface area contributed by atoms with E-state index < -0.39 is 0 Å². The molecule has 0 aromatic heterocycles. The summed E-state index contributed by atoms with van der Waals surface area (Å²) in [7, 11) is 0. The molecule has 0 bridgehead atoms. The molecule has 1 rings (SSSR count). The van der Waals surface area contributed by atoms with Crippen molar-refractivity contribution in [1.29, 1.82) is 0 Å². The normalized spacial score (nSPS) is 19.5. The smallest absolute Gasteiger partial charge is 0.0605 e. The zero-order chi connectivity index (χ0) is 11.8. The van der Waals surface area contributed by atoms with E-state index in [1.807, 2.05) is 0 Å². The summed E-state index contributed by atoms with van der Waals surface area (Å²) in [5.74, 6) is 1.46. The van der Waals surface area contributed by atoms with Crippen molar-refractivity contribution >= 4 is 11.6 Å². The van der Waals surface area contributed by atoms with Crippen LogP contribution in [0.5, 0.6) is 0 Å². The van der Waals surface area contributed by atoms with Crippen LogP contribution in [0.25, 0.3) is 0 Å². The van der Waals surface area contributed by atoms with E-state index in [4.69, 9.17) is 16.3 Å². The van der Waals surface area contributed by atoms with Gasteiger partial charge in [-0.3, -0.25) is 0 Å². The molecule has 0 aromatic carbocycles. The first-order valence-electron chi connectivity index (χ1n) is 6.62. The third-order valence-electron chi connectivity index (χ3n) is 3.22. The van der Waals surface area contributed by atoms with Gasteiger partial charge < -0.3 is 9.64 Å². The molecule has 0 amide bonds. The van der Waals surface area contributed by atoms with Crippen molar-refractivity contribution in [3.8, 4) is 0 Å². The molecular weight excluding hydrogens is 222 g/mol. The summed E-state index contributed by atoms with van der Waals surface area (Å²) < 4.78 is 5.66. The van der Waals surface area contributed by atoms with Gasteiger partial charge in [0.2, 0.25) is 0 Å². The number of ether oxygens (including phenoxy) is 1. The summed E-state index contributed by atoms with van der Waals surface area (Å²) in [5, 5.41) is 0. The Hall–Kier alpha value is 0.210. The summed E-state index contributed by atoms with van der Waals surface area (Å²) in [6, 6.07) is 0. The fraction of sp³-hybridized carbons (Fsp3) is 1.00. The van der Waals surface area contributed by atoms with E-state index in [2.05, 4.69) is 18.7 Å². The fourth-order valence-electron chi connectivity index (χ4n) is 2.23. The van der Waals surface area contributed by atoms with Crippen LogP contribution in [0, 0.1) is 5.92 Å². The first-order chi connectivity index (χ1) is 7.72. The van der Waals surface area contributed by atoms with Gasteiger partial charge in [-0.2, -0.15) is 0 Å². The quantitative estimate of drug-likeness (QED) is 0.641. The topological polar surface area (TPSA) is 12.5 Å². The summed E-state index contributed by atoms with van der Waals surface area (Å²) in [4.78, 5) is 2.57. The Labute approximate surface area is 105 Å². The Bertz CT molecular complexity index is 167. The number of nitrogens with zero attached hydrogens (tertiary/aromatic N) is 1. The molecule has 1 saturated heterocycles. The molecule has 16 heavy (non-hydrogen) atoms. The highest BCUT2D eigenvalue weighted by Crippen LogP contribution is 2.15. The van der Waals surface area contributed by atoms with Gasteiger partial charge >= 0.3 is 0 Å².